The summed E-state index contributed by atoms with van der Waals surface area (Å²) in [4.78, 5) is 16.1. The quantitative estimate of drug-likeness (QED) is 0.193. The van der Waals surface area contributed by atoms with Gasteiger partial charge in [-0.25, -0.2) is 4.79 Å². The Hall–Kier alpha value is -3.46. The van der Waals surface area contributed by atoms with Crippen LogP contribution in [0, 0.1) is 18.8 Å². The summed E-state index contributed by atoms with van der Waals surface area (Å²) in [5.41, 5.74) is 5.84. The maximum Gasteiger partial charge on any atom is 0.335 e. The second-order valence-corrected chi connectivity index (χ2v) is 14.2. The average molecular weight is 615 g/mol. The summed E-state index contributed by atoms with van der Waals surface area (Å²) in [7, 11) is -2.44. The second kappa shape index (κ2) is 12.5. The molecule has 3 aromatic carbocycles. The Labute approximate surface area is 261 Å². The largest absolute Gasteiger partial charge is 0.466 e. The van der Waals surface area contributed by atoms with Gasteiger partial charge in [0, 0.05) is 30.5 Å². The molecular formula is C36H42N2O5S. The monoisotopic (exact) mass is 614 g/mol. The van der Waals surface area contributed by atoms with E-state index in [1.807, 2.05) is 19.1 Å². The normalized spacial score (nSPS) is 23.4. The molecule has 2 heterocycles. The molecule has 0 saturated carbocycles. The molecule has 1 spiro atoms. The topological polar surface area (TPSA) is 84.9 Å². The van der Waals surface area contributed by atoms with E-state index in [-0.39, 0.29) is 40.8 Å². The standard InChI is InChI=1S/C36H42N2O5S/c1-4-10-27(24-43-44(40,41)29-17-15-25(2)16-18-29)21-28-22-30(35(39)42-3)33-36(31-13-8-9-14-32(31)37-33)19-20-38(34(28)36)23-26-11-6-5-7-12-26/h5-9,11-18,27-28,34,37H,4,10,19-24H2,1-3H3. The van der Waals surface area contributed by atoms with Crippen LogP contribution in [0.5, 0.6) is 0 Å². The van der Waals surface area contributed by atoms with Crippen molar-refractivity contribution in [3.63, 3.8) is 0 Å². The van der Waals surface area contributed by atoms with Crippen LogP contribution in [0.3, 0.4) is 0 Å². The Morgan fingerprint density at radius 3 is 2.50 bits per heavy atom. The zero-order chi connectivity index (χ0) is 30.9. The number of carbonyl (C=O) groups excluding carboxylic acids is 1. The van der Waals surface area contributed by atoms with Gasteiger partial charge < -0.3 is 10.1 Å². The van der Waals surface area contributed by atoms with Gasteiger partial charge in [0.1, 0.15) is 0 Å². The van der Waals surface area contributed by atoms with Gasteiger partial charge in [-0.05, 0) is 73.8 Å². The number of hydrogen-bond acceptors (Lipinski definition) is 7. The van der Waals surface area contributed by atoms with Crippen LogP contribution in [0.1, 0.15) is 55.7 Å². The molecule has 0 radical (unpaired) electrons. The second-order valence-electron chi connectivity index (χ2n) is 12.5. The minimum absolute atomic E-state index is 0.00602. The Balaban J connectivity index is 1.36. The number of nitrogens with one attached hydrogen (secondary N) is 1. The predicted molar refractivity (Wildman–Crippen MR) is 171 cm³/mol. The molecule has 1 N–H and O–H groups in total. The highest BCUT2D eigenvalue weighted by atomic mass is 32.2. The van der Waals surface area contributed by atoms with Gasteiger partial charge in [-0.2, -0.15) is 8.42 Å². The van der Waals surface area contributed by atoms with E-state index in [9.17, 15) is 13.2 Å². The van der Waals surface area contributed by atoms with E-state index in [1.54, 1.807) is 24.3 Å². The van der Waals surface area contributed by atoms with Crippen molar-refractivity contribution in [1.82, 2.24) is 4.90 Å². The fourth-order valence-corrected chi connectivity index (χ4v) is 8.93. The van der Waals surface area contributed by atoms with Crippen LogP contribution >= 0.6 is 0 Å². The minimum atomic E-state index is -3.89. The number of ether oxygens (including phenoxy) is 1. The summed E-state index contributed by atoms with van der Waals surface area (Å²) in [6.07, 6.45) is 3.93. The number of para-hydroxylation sites is 1. The number of rotatable bonds is 11. The van der Waals surface area contributed by atoms with E-state index in [2.05, 4.69) is 59.6 Å². The zero-order valence-corrected chi connectivity index (χ0v) is 26.6. The minimum Gasteiger partial charge on any atom is -0.466 e. The molecular weight excluding hydrogens is 572 g/mol. The highest BCUT2D eigenvalue weighted by Crippen LogP contribution is 2.60. The Morgan fingerprint density at radius 1 is 1.05 bits per heavy atom. The fraction of sp³-hybridized carbons (Fsp3) is 0.417. The number of aryl methyl sites for hydroxylation is 1. The maximum absolute atomic E-state index is 13.4. The van der Waals surface area contributed by atoms with Gasteiger partial charge in [-0.15, -0.1) is 0 Å². The molecule has 7 nitrogen and oxygen atoms in total. The van der Waals surface area contributed by atoms with Crippen LogP contribution < -0.4 is 5.32 Å². The Bertz CT molecular complexity index is 1640. The first kappa shape index (κ1) is 30.6. The van der Waals surface area contributed by atoms with Crippen molar-refractivity contribution in [3.05, 3.63) is 107 Å². The molecule has 1 aliphatic carbocycles. The highest BCUT2D eigenvalue weighted by Gasteiger charge is 2.61. The molecule has 0 bridgehead atoms. The van der Waals surface area contributed by atoms with E-state index in [4.69, 9.17) is 8.92 Å². The van der Waals surface area contributed by atoms with Gasteiger partial charge >= 0.3 is 5.97 Å². The first-order chi connectivity index (χ1) is 21.3. The summed E-state index contributed by atoms with van der Waals surface area (Å²) in [6.45, 7) is 5.86. The molecule has 1 saturated heterocycles. The van der Waals surface area contributed by atoms with Crippen molar-refractivity contribution >= 4 is 21.8 Å². The maximum atomic E-state index is 13.4. The number of likely N-dealkylation sites (tertiary alicyclic amines) is 1. The summed E-state index contributed by atoms with van der Waals surface area (Å²) < 4.78 is 37.4. The van der Waals surface area contributed by atoms with Gasteiger partial charge in [0.15, 0.2) is 0 Å². The number of benzene rings is 3. The van der Waals surface area contributed by atoms with Gasteiger partial charge in [0.2, 0.25) is 0 Å². The molecule has 3 aromatic rings. The van der Waals surface area contributed by atoms with Crippen molar-refractivity contribution in [2.75, 3.05) is 25.6 Å². The van der Waals surface area contributed by atoms with Crippen molar-refractivity contribution in [2.45, 2.75) is 68.8 Å². The molecule has 4 unspecified atom stereocenters. The number of fused-ring (bicyclic) bond motifs is 1. The Morgan fingerprint density at radius 2 is 1.77 bits per heavy atom. The third kappa shape index (κ3) is 5.59. The number of hydrogen-bond donors (Lipinski definition) is 1. The molecule has 0 amide bonds. The first-order valence-electron chi connectivity index (χ1n) is 15.7. The first-order valence-corrected chi connectivity index (χ1v) is 17.1. The van der Waals surface area contributed by atoms with Crippen LogP contribution in [-0.2, 0) is 35.8 Å². The van der Waals surface area contributed by atoms with Gasteiger partial charge in [0.05, 0.1) is 29.6 Å². The van der Waals surface area contributed by atoms with Crippen molar-refractivity contribution in [3.8, 4) is 0 Å². The molecule has 1 fully saturated rings. The zero-order valence-electron chi connectivity index (χ0n) is 25.8. The number of nitrogens with zero attached hydrogens (tertiary/aromatic N) is 1. The highest BCUT2D eigenvalue weighted by molar-refractivity contribution is 7.86. The molecule has 0 aromatic heterocycles. The smallest absolute Gasteiger partial charge is 0.335 e. The van der Waals surface area contributed by atoms with Crippen LogP contribution in [0.15, 0.2) is 95.0 Å². The molecule has 8 heteroatoms. The lowest BCUT2D eigenvalue weighted by molar-refractivity contribution is -0.136. The lowest BCUT2D eigenvalue weighted by Gasteiger charge is -2.46. The number of methoxy groups -OCH3 is 1. The third-order valence-electron chi connectivity index (χ3n) is 9.78. The molecule has 4 atom stereocenters. The van der Waals surface area contributed by atoms with Gasteiger partial charge in [0.25, 0.3) is 10.1 Å². The van der Waals surface area contributed by atoms with Crippen molar-refractivity contribution in [2.24, 2.45) is 11.8 Å². The summed E-state index contributed by atoms with van der Waals surface area (Å²) in [6, 6.07) is 25.8. The third-order valence-corrected chi connectivity index (χ3v) is 11.1. The van der Waals surface area contributed by atoms with Crippen LogP contribution in [0.25, 0.3) is 0 Å². The molecule has 44 heavy (non-hydrogen) atoms. The van der Waals surface area contributed by atoms with Crippen LogP contribution in [0.4, 0.5) is 5.69 Å². The van der Waals surface area contributed by atoms with Crippen molar-refractivity contribution in [1.29, 1.82) is 0 Å². The average Bonchev–Trinajstić information content (AvgIpc) is 3.58. The molecule has 3 aliphatic rings. The predicted octanol–water partition coefficient (Wildman–Crippen LogP) is 6.59. The molecule has 2 aliphatic heterocycles. The summed E-state index contributed by atoms with van der Waals surface area (Å²) in [5.74, 6) is -0.198. The number of carbonyl (C=O) groups is 1. The van der Waals surface area contributed by atoms with Crippen LogP contribution in [-0.4, -0.2) is 45.6 Å². The van der Waals surface area contributed by atoms with E-state index in [0.29, 0.717) is 12.0 Å². The van der Waals surface area contributed by atoms with Gasteiger partial charge in [-0.1, -0.05) is 79.6 Å². The molecule has 6 rings (SSSR count). The summed E-state index contributed by atoms with van der Waals surface area (Å²) >= 11 is 0. The van der Waals surface area contributed by atoms with E-state index in [0.717, 1.165) is 55.7 Å². The SMILES string of the molecule is CCCC(COS(=O)(=O)c1ccc(C)cc1)CC1CC(C(=O)OC)=C2Nc3ccccc3C23CCN(Cc2ccccc2)C13. The number of anilines is 1. The van der Waals surface area contributed by atoms with Crippen molar-refractivity contribution < 1.29 is 22.1 Å². The van der Waals surface area contributed by atoms with E-state index >= 15 is 0 Å². The fourth-order valence-electron chi connectivity index (χ4n) is 7.95. The summed E-state index contributed by atoms with van der Waals surface area (Å²) in [5, 5.41) is 3.66. The number of esters is 1. The van der Waals surface area contributed by atoms with E-state index < -0.39 is 10.1 Å². The lowest BCUT2D eigenvalue weighted by atomic mass is 9.61. The lowest BCUT2D eigenvalue weighted by Crippen LogP contribution is -2.52. The van der Waals surface area contributed by atoms with E-state index in [1.165, 1.54) is 18.2 Å². The van der Waals surface area contributed by atoms with Gasteiger partial charge in [-0.3, -0.25) is 9.08 Å². The Kier molecular flexibility index (Phi) is 8.68. The molecule has 232 valence electrons. The van der Waals surface area contributed by atoms with Crippen LogP contribution in [0.2, 0.25) is 0 Å².